The van der Waals surface area contributed by atoms with E-state index in [1.54, 1.807) is 33.8 Å². The lowest BCUT2D eigenvalue weighted by molar-refractivity contribution is 0.0697. The van der Waals surface area contributed by atoms with Gasteiger partial charge in [0, 0.05) is 23.1 Å². The zero-order valence-electron chi connectivity index (χ0n) is 21.8. The number of carboxylic acid groups (broad SMARTS) is 1. The molecular weight excluding hydrogens is 540 g/mol. The standard InChI is InChI=1S/C31H23ClN6O3/c1-2-29-34-35-31(37-27(21-11-7-4-8-12-21)18-26(36-37)20-9-5-3-6-10-20)38(29)33-19-23-14-16-28(41-23)22-13-15-25(32)24(17-22)30(39)40/h3-19H,2H2,1H3,(H,39,40). The summed E-state index contributed by atoms with van der Waals surface area (Å²) in [6.07, 6.45) is 2.15. The molecule has 0 bridgehead atoms. The average molecular weight is 563 g/mol. The molecule has 3 aromatic carbocycles. The zero-order valence-corrected chi connectivity index (χ0v) is 22.6. The van der Waals surface area contributed by atoms with Gasteiger partial charge in [0.2, 0.25) is 0 Å². The Bertz CT molecular complexity index is 1870. The summed E-state index contributed by atoms with van der Waals surface area (Å²) >= 11 is 6.02. The van der Waals surface area contributed by atoms with Gasteiger partial charge in [0.05, 0.1) is 28.2 Å². The molecule has 0 unspecified atom stereocenters. The fraction of sp³-hybridized carbons (Fsp3) is 0.0645. The van der Waals surface area contributed by atoms with E-state index in [0.29, 0.717) is 35.3 Å². The Labute approximate surface area is 240 Å². The van der Waals surface area contributed by atoms with Crippen LogP contribution >= 0.6 is 11.6 Å². The van der Waals surface area contributed by atoms with Gasteiger partial charge in [-0.05, 0) is 36.4 Å². The molecule has 9 nitrogen and oxygen atoms in total. The molecule has 0 fully saturated rings. The average Bonchev–Trinajstić information content (AvgIpc) is 3.75. The Kier molecular flexibility index (Phi) is 7.01. The van der Waals surface area contributed by atoms with E-state index in [1.165, 1.54) is 12.1 Å². The van der Waals surface area contributed by atoms with Crippen molar-refractivity contribution in [2.24, 2.45) is 5.10 Å². The minimum Gasteiger partial charge on any atom is -0.478 e. The van der Waals surface area contributed by atoms with E-state index in [2.05, 4.69) is 15.3 Å². The SMILES string of the molecule is CCc1nnc(-n2nc(-c3ccccc3)cc2-c2ccccc2)n1N=Cc1ccc(-c2ccc(Cl)c(C(=O)O)c2)o1. The highest BCUT2D eigenvalue weighted by Crippen LogP contribution is 2.29. The number of aromatic carboxylic acids is 1. The number of furan rings is 1. The minimum atomic E-state index is -1.11. The Morgan fingerprint density at radius 3 is 2.37 bits per heavy atom. The summed E-state index contributed by atoms with van der Waals surface area (Å²) in [6, 6.07) is 30.1. The van der Waals surface area contributed by atoms with Crippen LogP contribution in [-0.4, -0.2) is 41.9 Å². The molecule has 3 heterocycles. The molecule has 202 valence electrons. The first-order chi connectivity index (χ1) is 20.0. The van der Waals surface area contributed by atoms with E-state index < -0.39 is 5.97 Å². The van der Waals surface area contributed by atoms with Crippen LogP contribution in [0.3, 0.4) is 0 Å². The van der Waals surface area contributed by atoms with Crippen LogP contribution < -0.4 is 0 Å². The summed E-state index contributed by atoms with van der Waals surface area (Å²) in [5.41, 5.74) is 4.17. The number of carboxylic acids is 1. The molecule has 0 aliphatic rings. The fourth-order valence-electron chi connectivity index (χ4n) is 4.41. The Morgan fingerprint density at radius 1 is 0.927 bits per heavy atom. The first-order valence-electron chi connectivity index (χ1n) is 12.8. The predicted octanol–water partition coefficient (Wildman–Crippen LogP) is 6.85. The number of aryl methyl sites for hydroxylation is 1. The van der Waals surface area contributed by atoms with Gasteiger partial charge in [0.25, 0.3) is 5.95 Å². The topological polar surface area (TPSA) is 111 Å². The van der Waals surface area contributed by atoms with Crippen molar-refractivity contribution in [3.05, 3.63) is 119 Å². The smallest absolute Gasteiger partial charge is 0.337 e. The van der Waals surface area contributed by atoms with E-state index in [1.807, 2.05) is 73.7 Å². The molecule has 0 aliphatic heterocycles. The summed E-state index contributed by atoms with van der Waals surface area (Å²) in [5.74, 6) is 0.900. The molecule has 0 radical (unpaired) electrons. The number of hydrogen-bond acceptors (Lipinski definition) is 6. The van der Waals surface area contributed by atoms with Gasteiger partial charge in [-0.3, -0.25) is 0 Å². The van der Waals surface area contributed by atoms with Gasteiger partial charge < -0.3 is 9.52 Å². The van der Waals surface area contributed by atoms with E-state index in [4.69, 9.17) is 21.1 Å². The van der Waals surface area contributed by atoms with Gasteiger partial charge in [-0.2, -0.15) is 19.6 Å². The maximum absolute atomic E-state index is 11.5. The van der Waals surface area contributed by atoms with E-state index in [0.717, 1.165) is 22.5 Å². The number of nitrogens with zero attached hydrogens (tertiary/aromatic N) is 6. The second-order valence-corrected chi connectivity index (χ2v) is 9.49. The van der Waals surface area contributed by atoms with Crippen molar-refractivity contribution in [3.63, 3.8) is 0 Å². The van der Waals surface area contributed by atoms with Gasteiger partial charge in [0.1, 0.15) is 11.5 Å². The van der Waals surface area contributed by atoms with Crippen LogP contribution in [0.25, 0.3) is 39.8 Å². The number of aromatic nitrogens is 5. The molecule has 0 amide bonds. The molecule has 0 saturated carbocycles. The fourth-order valence-corrected chi connectivity index (χ4v) is 4.60. The summed E-state index contributed by atoms with van der Waals surface area (Å²) in [4.78, 5) is 11.5. The Hall–Kier alpha value is -5.28. The first kappa shape index (κ1) is 26.0. The van der Waals surface area contributed by atoms with Crippen LogP contribution in [0.2, 0.25) is 5.02 Å². The van der Waals surface area contributed by atoms with Crippen molar-refractivity contribution < 1.29 is 14.3 Å². The third kappa shape index (κ3) is 5.18. The number of hydrogen-bond donors (Lipinski definition) is 1. The normalized spacial score (nSPS) is 11.4. The van der Waals surface area contributed by atoms with Crippen LogP contribution in [0.15, 0.2) is 107 Å². The van der Waals surface area contributed by atoms with Gasteiger partial charge >= 0.3 is 5.97 Å². The lowest BCUT2D eigenvalue weighted by Crippen LogP contribution is -2.08. The quantitative estimate of drug-likeness (QED) is 0.203. The second-order valence-electron chi connectivity index (χ2n) is 9.09. The van der Waals surface area contributed by atoms with Crippen molar-refractivity contribution in [1.29, 1.82) is 0 Å². The summed E-state index contributed by atoms with van der Waals surface area (Å²) in [7, 11) is 0. The molecular formula is C31H23ClN6O3. The van der Waals surface area contributed by atoms with Crippen LogP contribution in [-0.2, 0) is 6.42 Å². The lowest BCUT2D eigenvalue weighted by atomic mass is 10.1. The molecule has 0 aliphatic carbocycles. The molecule has 41 heavy (non-hydrogen) atoms. The number of rotatable bonds is 8. The first-order valence-corrected chi connectivity index (χ1v) is 13.2. The van der Waals surface area contributed by atoms with Gasteiger partial charge in [0.15, 0.2) is 5.82 Å². The molecule has 0 atom stereocenters. The number of carbonyl (C=O) groups is 1. The van der Waals surface area contributed by atoms with Crippen molar-refractivity contribution in [1.82, 2.24) is 24.7 Å². The molecule has 1 N–H and O–H groups in total. The predicted molar refractivity (Wildman–Crippen MR) is 156 cm³/mol. The zero-order chi connectivity index (χ0) is 28.3. The van der Waals surface area contributed by atoms with Gasteiger partial charge in [-0.1, -0.05) is 79.2 Å². The molecule has 6 rings (SSSR count). The van der Waals surface area contributed by atoms with Crippen LogP contribution in [0.1, 0.15) is 28.9 Å². The van der Waals surface area contributed by atoms with E-state index in [9.17, 15) is 9.90 Å². The third-order valence-electron chi connectivity index (χ3n) is 6.45. The summed E-state index contributed by atoms with van der Waals surface area (Å²) in [5, 5.41) is 27.9. The second kappa shape index (κ2) is 11.1. The molecule has 3 aromatic heterocycles. The maximum Gasteiger partial charge on any atom is 0.337 e. The molecule has 0 spiro atoms. The van der Waals surface area contributed by atoms with E-state index in [-0.39, 0.29) is 10.6 Å². The highest BCUT2D eigenvalue weighted by Gasteiger charge is 2.20. The maximum atomic E-state index is 11.5. The van der Waals surface area contributed by atoms with Crippen LogP contribution in [0.5, 0.6) is 0 Å². The summed E-state index contributed by atoms with van der Waals surface area (Å²) < 4.78 is 9.34. The molecule has 0 saturated heterocycles. The van der Waals surface area contributed by atoms with Crippen molar-refractivity contribution in [2.45, 2.75) is 13.3 Å². The van der Waals surface area contributed by atoms with Crippen molar-refractivity contribution in [3.8, 4) is 39.8 Å². The number of halogens is 1. The van der Waals surface area contributed by atoms with Crippen molar-refractivity contribution in [2.75, 3.05) is 0 Å². The van der Waals surface area contributed by atoms with Crippen LogP contribution in [0, 0.1) is 0 Å². The Morgan fingerprint density at radius 2 is 1.66 bits per heavy atom. The molecule has 10 heteroatoms. The van der Waals surface area contributed by atoms with Crippen molar-refractivity contribution >= 4 is 23.8 Å². The van der Waals surface area contributed by atoms with Gasteiger partial charge in [-0.15, -0.1) is 10.2 Å². The van der Waals surface area contributed by atoms with E-state index >= 15 is 0 Å². The number of benzene rings is 3. The highest BCUT2D eigenvalue weighted by atomic mass is 35.5. The largest absolute Gasteiger partial charge is 0.478 e. The molecule has 6 aromatic rings. The third-order valence-corrected chi connectivity index (χ3v) is 6.78. The minimum absolute atomic E-state index is 0.000757. The van der Waals surface area contributed by atoms with Gasteiger partial charge in [-0.25, -0.2) is 4.79 Å². The monoisotopic (exact) mass is 562 g/mol. The highest BCUT2D eigenvalue weighted by molar-refractivity contribution is 6.33. The lowest BCUT2D eigenvalue weighted by Gasteiger charge is -2.07. The Balaban J connectivity index is 1.39. The summed E-state index contributed by atoms with van der Waals surface area (Å²) in [6.45, 7) is 1.97. The van der Waals surface area contributed by atoms with Crippen LogP contribution in [0.4, 0.5) is 0 Å².